The smallest absolute Gasteiger partial charge is 0.316 e. The third-order valence-corrected chi connectivity index (χ3v) is 3.53. The van der Waals surface area contributed by atoms with Crippen LogP contribution in [0.15, 0.2) is 18.2 Å². The molecule has 2 rings (SSSR count). The molecular formula is C11H9Cl2NO3. The first-order valence-electron chi connectivity index (χ1n) is 5.00. The van der Waals surface area contributed by atoms with E-state index in [1.54, 1.807) is 18.2 Å². The topological polar surface area (TPSA) is 57.6 Å². The second-order valence-corrected chi connectivity index (χ2v) is 4.53. The van der Waals surface area contributed by atoms with E-state index in [-0.39, 0.29) is 11.4 Å². The zero-order valence-corrected chi connectivity index (χ0v) is 10.2. The first-order chi connectivity index (χ1) is 8.02. The van der Waals surface area contributed by atoms with E-state index in [0.717, 1.165) is 0 Å². The van der Waals surface area contributed by atoms with Gasteiger partial charge < -0.3 is 10.0 Å². The van der Waals surface area contributed by atoms with Crippen LogP contribution in [0, 0.1) is 5.92 Å². The molecule has 0 aliphatic carbocycles. The Labute approximate surface area is 108 Å². The van der Waals surface area contributed by atoms with Crippen LogP contribution in [0.4, 0.5) is 5.69 Å². The molecule has 1 N–H and O–H groups in total. The highest BCUT2D eigenvalue weighted by molar-refractivity contribution is 6.44. The van der Waals surface area contributed by atoms with Crippen LogP contribution in [0.3, 0.4) is 0 Å². The van der Waals surface area contributed by atoms with Gasteiger partial charge in [-0.15, -0.1) is 0 Å². The van der Waals surface area contributed by atoms with Crippen LogP contribution < -0.4 is 4.90 Å². The van der Waals surface area contributed by atoms with E-state index in [1.807, 2.05) is 0 Å². The van der Waals surface area contributed by atoms with Crippen molar-refractivity contribution in [2.24, 2.45) is 5.92 Å². The van der Waals surface area contributed by atoms with Gasteiger partial charge in [0.05, 0.1) is 15.7 Å². The zero-order valence-electron chi connectivity index (χ0n) is 8.69. The van der Waals surface area contributed by atoms with Gasteiger partial charge in [0.15, 0.2) is 0 Å². The van der Waals surface area contributed by atoms with Crippen molar-refractivity contribution in [1.29, 1.82) is 0 Å². The minimum Gasteiger partial charge on any atom is -0.481 e. The summed E-state index contributed by atoms with van der Waals surface area (Å²) in [5, 5.41) is 9.48. The fourth-order valence-electron chi connectivity index (χ4n) is 1.85. The van der Waals surface area contributed by atoms with E-state index in [1.165, 1.54) is 4.90 Å². The van der Waals surface area contributed by atoms with Gasteiger partial charge in [-0.05, 0) is 18.6 Å². The third kappa shape index (κ3) is 2.10. The van der Waals surface area contributed by atoms with E-state index < -0.39 is 17.8 Å². The van der Waals surface area contributed by atoms with Crippen molar-refractivity contribution in [2.45, 2.75) is 6.42 Å². The predicted molar refractivity (Wildman–Crippen MR) is 64.6 cm³/mol. The summed E-state index contributed by atoms with van der Waals surface area (Å²) in [4.78, 5) is 24.1. The Morgan fingerprint density at radius 2 is 2.12 bits per heavy atom. The molecule has 6 heteroatoms. The Morgan fingerprint density at radius 1 is 1.41 bits per heavy atom. The Balaban J connectivity index is 2.34. The number of carboxylic acids is 1. The number of aliphatic carboxylic acids is 1. The highest BCUT2D eigenvalue weighted by atomic mass is 35.5. The highest BCUT2D eigenvalue weighted by Gasteiger charge is 2.38. The Kier molecular flexibility index (Phi) is 3.26. The number of hydrogen-bond donors (Lipinski definition) is 1. The van der Waals surface area contributed by atoms with E-state index in [2.05, 4.69) is 0 Å². The minimum absolute atomic E-state index is 0.272. The molecule has 4 nitrogen and oxygen atoms in total. The maximum absolute atomic E-state index is 11.9. The molecule has 1 aromatic rings. The molecule has 1 unspecified atom stereocenters. The molecule has 1 aliphatic heterocycles. The van der Waals surface area contributed by atoms with Crippen molar-refractivity contribution in [3.05, 3.63) is 28.2 Å². The largest absolute Gasteiger partial charge is 0.481 e. The lowest BCUT2D eigenvalue weighted by molar-refractivity contribution is -0.144. The summed E-state index contributed by atoms with van der Waals surface area (Å²) in [5.74, 6) is -2.53. The van der Waals surface area contributed by atoms with Crippen molar-refractivity contribution in [3.63, 3.8) is 0 Å². The first kappa shape index (κ1) is 12.2. The molecule has 1 heterocycles. The average Bonchev–Trinajstić information content (AvgIpc) is 2.64. The molecule has 0 radical (unpaired) electrons. The zero-order chi connectivity index (χ0) is 12.6. The molecular weight excluding hydrogens is 265 g/mol. The summed E-state index contributed by atoms with van der Waals surface area (Å²) in [6, 6.07) is 4.93. The molecule has 1 fully saturated rings. The molecule has 1 saturated heterocycles. The maximum atomic E-state index is 11.9. The fourth-order valence-corrected chi connectivity index (χ4v) is 2.25. The number of anilines is 1. The maximum Gasteiger partial charge on any atom is 0.316 e. The number of hydrogen-bond acceptors (Lipinski definition) is 2. The van der Waals surface area contributed by atoms with Gasteiger partial charge in [0, 0.05) is 6.54 Å². The van der Waals surface area contributed by atoms with Crippen LogP contribution in [-0.4, -0.2) is 23.5 Å². The molecule has 0 aromatic heterocycles. The molecule has 0 spiro atoms. The standard InChI is InChI=1S/C11H9Cl2NO3/c12-7-2-1-3-8(9(7)13)14-5-4-6(10(14)15)11(16)17/h1-3,6H,4-5H2,(H,16,17). The lowest BCUT2D eigenvalue weighted by Gasteiger charge is -2.18. The third-order valence-electron chi connectivity index (χ3n) is 2.73. The van der Waals surface area contributed by atoms with Crippen LogP contribution in [-0.2, 0) is 9.59 Å². The first-order valence-corrected chi connectivity index (χ1v) is 5.76. The molecule has 0 bridgehead atoms. The number of amides is 1. The van der Waals surface area contributed by atoms with Crippen LogP contribution in [0.2, 0.25) is 10.0 Å². The number of rotatable bonds is 2. The number of carbonyl (C=O) groups excluding carboxylic acids is 1. The molecule has 17 heavy (non-hydrogen) atoms. The van der Waals surface area contributed by atoms with Gasteiger partial charge >= 0.3 is 5.97 Å². The quantitative estimate of drug-likeness (QED) is 0.842. The second-order valence-electron chi connectivity index (χ2n) is 3.74. The Morgan fingerprint density at radius 3 is 2.71 bits per heavy atom. The minimum atomic E-state index is -1.10. The summed E-state index contributed by atoms with van der Waals surface area (Å²) in [5.41, 5.74) is 0.466. The van der Waals surface area contributed by atoms with Crippen molar-refractivity contribution in [2.75, 3.05) is 11.4 Å². The number of halogens is 2. The van der Waals surface area contributed by atoms with Gasteiger partial charge in [-0.25, -0.2) is 0 Å². The van der Waals surface area contributed by atoms with Gasteiger partial charge in [-0.1, -0.05) is 29.3 Å². The average molecular weight is 274 g/mol. The summed E-state index contributed by atoms with van der Waals surface area (Å²) < 4.78 is 0. The normalized spacial score (nSPS) is 19.8. The molecule has 90 valence electrons. The fraction of sp³-hybridized carbons (Fsp3) is 0.273. The summed E-state index contributed by atoms with van der Waals surface area (Å²) in [7, 11) is 0. The summed E-state index contributed by atoms with van der Waals surface area (Å²) >= 11 is 11.8. The van der Waals surface area contributed by atoms with E-state index in [9.17, 15) is 9.59 Å². The number of carbonyl (C=O) groups is 2. The van der Waals surface area contributed by atoms with Gasteiger partial charge in [-0.2, -0.15) is 0 Å². The summed E-state index contributed by atoms with van der Waals surface area (Å²) in [6.45, 7) is 0.343. The SMILES string of the molecule is O=C(O)C1CCN(c2cccc(Cl)c2Cl)C1=O. The van der Waals surface area contributed by atoms with Crippen molar-refractivity contribution in [3.8, 4) is 0 Å². The Hall–Kier alpha value is -1.26. The molecule has 1 aliphatic rings. The van der Waals surface area contributed by atoms with Crippen molar-refractivity contribution < 1.29 is 14.7 Å². The van der Waals surface area contributed by atoms with E-state index in [0.29, 0.717) is 17.3 Å². The monoisotopic (exact) mass is 273 g/mol. The van der Waals surface area contributed by atoms with Crippen LogP contribution >= 0.6 is 23.2 Å². The number of nitrogens with zero attached hydrogens (tertiary/aromatic N) is 1. The lowest BCUT2D eigenvalue weighted by Crippen LogP contribution is -2.30. The molecule has 0 saturated carbocycles. The van der Waals surface area contributed by atoms with E-state index in [4.69, 9.17) is 28.3 Å². The van der Waals surface area contributed by atoms with Crippen LogP contribution in [0.5, 0.6) is 0 Å². The van der Waals surface area contributed by atoms with Gasteiger partial charge in [-0.3, -0.25) is 9.59 Å². The predicted octanol–water partition coefficient (Wildman–Crippen LogP) is 2.43. The number of benzene rings is 1. The summed E-state index contributed by atoms with van der Waals surface area (Å²) in [6.07, 6.45) is 0.289. The van der Waals surface area contributed by atoms with Gasteiger partial charge in [0.2, 0.25) is 5.91 Å². The molecule has 1 aromatic carbocycles. The van der Waals surface area contributed by atoms with Crippen LogP contribution in [0.1, 0.15) is 6.42 Å². The highest BCUT2D eigenvalue weighted by Crippen LogP contribution is 2.35. The molecule has 1 amide bonds. The van der Waals surface area contributed by atoms with Gasteiger partial charge in [0.25, 0.3) is 0 Å². The van der Waals surface area contributed by atoms with E-state index >= 15 is 0 Å². The van der Waals surface area contributed by atoms with Crippen LogP contribution in [0.25, 0.3) is 0 Å². The van der Waals surface area contributed by atoms with Gasteiger partial charge in [0.1, 0.15) is 5.92 Å². The van der Waals surface area contributed by atoms with Crippen molar-refractivity contribution >= 4 is 40.8 Å². The second kappa shape index (κ2) is 4.55. The lowest BCUT2D eigenvalue weighted by atomic mass is 10.1. The Bertz CT molecular complexity index is 490. The molecule has 1 atom stereocenters. The van der Waals surface area contributed by atoms with Crippen molar-refractivity contribution in [1.82, 2.24) is 0 Å². The number of carboxylic acid groups (broad SMARTS) is 1.